The number of hydrogen-bond acceptors (Lipinski definition) is 5. The van der Waals surface area contributed by atoms with Gasteiger partial charge in [0.25, 0.3) is 0 Å². The van der Waals surface area contributed by atoms with Crippen molar-refractivity contribution in [1.29, 1.82) is 0 Å². The van der Waals surface area contributed by atoms with Gasteiger partial charge in [0.05, 0.1) is 13.1 Å². The molecule has 2 aromatic rings. The molecule has 2 heterocycles. The van der Waals surface area contributed by atoms with E-state index >= 15 is 0 Å². The maximum absolute atomic E-state index is 13.8. The van der Waals surface area contributed by atoms with E-state index in [9.17, 15) is 4.39 Å². The third kappa shape index (κ3) is 7.09. The molecule has 0 spiro atoms. The molecule has 1 fully saturated rings. The van der Waals surface area contributed by atoms with Crippen molar-refractivity contribution in [2.75, 3.05) is 50.7 Å². The Morgan fingerprint density at radius 3 is 2.66 bits per heavy atom. The molecule has 2 N–H and O–H groups in total. The first-order chi connectivity index (χ1) is 15.6. The number of benzene rings is 1. The van der Waals surface area contributed by atoms with E-state index in [-0.39, 0.29) is 17.7 Å². The van der Waals surface area contributed by atoms with Crippen LogP contribution in [0.15, 0.2) is 47.6 Å². The molecule has 7 nitrogen and oxygen atoms in total. The molecule has 1 aromatic heterocycles. The SMILES string of the molecule is CCNC(=NCc1ccnc(N2CCN(CC)CC2)c1)NCC(C)Oc1ccccc1F. The summed E-state index contributed by atoms with van der Waals surface area (Å²) in [6.07, 6.45) is 1.64. The van der Waals surface area contributed by atoms with Crippen molar-refractivity contribution in [3.63, 3.8) is 0 Å². The number of anilines is 1. The lowest BCUT2D eigenvalue weighted by Crippen LogP contribution is -2.46. The molecule has 0 amide bonds. The van der Waals surface area contributed by atoms with E-state index in [0.29, 0.717) is 19.0 Å². The smallest absolute Gasteiger partial charge is 0.191 e. The van der Waals surface area contributed by atoms with Crippen LogP contribution in [0.1, 0.15) is 26.3 Å². The lowest BCUT2D eigenvalue weighted by Gasteiger charge is -2.34. The van der Waals surface area contributed by atoms with Crippen LogP contribution in [0.5, 0.6) is 5.75 Å². The van der Waals surface area contributed by atoms with Gasteiger partial charge in [-0.15, -0.1) is 0 Å². The van der Waals surface area contributed by atoms with Gasteiger partial charge in [-0.25, -0.2) is 14.4 Å². The van der Waals surface area contributed by atoms with Crippen molar-refractivity contribution in [1.82, 2.24) is 20.5 Å². The van der Waals surface area contributed by atoms with Crippen LogP contribution in [-0.4, -0.2) is 67.8 Å². The van der Waals surface area contributed by atoms with Gasteiger partial charge >= 0.3 is 0 Å². The summed E-state index contributed by atoms with van der Waals surface area (Å²) in [4.78, 5) is 14.1. The van der Waals surface area contributed by atoms with Gasteiger partial charge in [-0.3, -0.25) is 0 Å². The van der Waals surface area contributed by atoms with Gasteiger partial charge in [-0.1, -0.05) is 19.1 Å². The highest BCUT2D eigenvalue weighted by Crippen LogP contribution is 2.17. The molecule has 1 saturated heterocycles. The fraction of sp³-hybridized carbons (Fsp3) is 0.500. The van der Waals surface area contributed by atoms with Gasteiger partial charge in [0.15, 0.2) is 17.5 Å². The quantitative estimate of drug-likeness (QED) is 0.460. The zero-order valence-electron chi connectivity index (χ0n) is 19.4. The Kier molecular flexibility index (Phi) is 9.10. The van der Waals surface area contributed by atoms with E-state index in [1.807, 2.05) is 26.1 Å². The highest BCUT2D eigenvalue weighted by atomic mass is 19.1. The average Bonchev–Trinajstić information content (AvgIpc) is 2.82. The number of ether oxygens (including phenoxy) is 1. The van der Waals surface area contributed by atoms with Gasteiger partial charge in [-0.05, 0) is 50.2 Å². The first kappa shape index (κ1) is 23.8. The van der Waals surface area contributed by atoms with E-state index in [0.717, 1.165) is 50.6 Å². The van der Waals surface area contributed by atoms with Crippen LogP contribution >= 0.6 is 0 Å². The summed E-state index contributed by atoms with van der Waals surface area (Å²) < 4.78 is 19.5. The maximum Gasteiger partial charge on any atom is 0.191 e. The predicted octanol–water partition coefficient (Wildman–Crippen LogP) is 2.89. The van der Waals surface area contributed by atoms with Crippen LogP contribution in [-0.2, 0) is 6.54 Å². The number of guanidine groups is 1. The van der Waals surface area contributed by atoms with Crippen LogP contribution in [0.4, 0.5) is 10.2 Å². The van der Waals surface area contributed by atoms with E-state index in [2.05, 4.69) is 38.4 Å². The summed E-state index contributed by atoms with van der Waals surface area (Å²) in [5.74, 6) is 1.61. The van der Waals surface area contributed by atoms with E-state index in [1.165, 1.54) is 6.07 Å². The largest absolute Gasteiger partial charge is 0.486 e. The first-order valence-electron chi connectivity index (χ1n) is 11.4. The summed E-state index contributed by atoms with van der Waals surface area (Å²) >= 11 is 0. The third-order valence-corrected chi connectivity index (χ3v) is 5.44. The number of rotatable bonds is 9. The Hall–Kier alpha value is -2.87. The van der Waals surface area contributed by atoms with Crippen molar-refractivity contribution in [2.24, 2.45) is 4.99 Å². The number of aliphatic imine (C=N–C) groups is 1. The molecule has 32 heavy (non-hydrogen) atoms. The number of para-hydroxylation sites is 1. The molecular weight excluding hydrogens is 407 g/mol. The number of halogens is 1. The van der Waals surface area contributed by atoms with Crippen molar-refractivity contribution in [2.45, 2.75) is 33.4 Å². The second-order valence-corrected chi connectivity index (χ2v) is 7.88. The molecule has 0 radical (unpaired) electrons. The van der Waals surface area contributed by atoms with Gasteiger partial charge in [0.1, 0.15) is 11.9 Å². The third-order valence-electron chi connectivity index (χ3n) is 5.44. The van der Waals surface area contributed by atoms with Gasteiger partial charge in [0, 0.05) is 38.9 Å². The normalized spacial score (nSPS) is 16.0. The fourth-order valence-electron chi connectivity index (χ4n) is 3.58. The zero-order valence-corrected chi connectivity index (χ0v) is 19.4. The standard InChI is InChI=1S/C24H35FN6O/c1-4-26-24(28-17-19(3)32-22-9-7-6-8-21(22)25)29-18-20-10-11-27-23(16-20)31-14-12-30(5-2)13-15-31/h6-11,16,19H,4-5,12-15,17-18H2,1-3H3,(H2,26,28,29). The Balaban J connectivity index is 1.55. The maximum atomic E-state index is 13.8. The Morgan fingerprint density at radius 2 is 1.94 bits per heavy atom. The van der Waals surface area contributed by atoms with Crippen LogP contribution in [0.3, 0.4) is 0 Å². The second kappa shape index (κ2) is 12.2. The summed E-state index contributed by atoms with van der Waals surface area (Å²) in [5, 5.41) is 6.53. The van der Waals surface area contributed by atoms with Gasteiger partial charge in [-0.2, -0.15) is 0 Å². The fourth-order valence-corrected chi connectivity index (χ4v) is 3.58. The molecule has 3 rings (SSSR count). The van der Waals surface area contributed by atoms with Crippen LogP contribution < -0.4 is 20.3 Å². The van der Waals surface area contributed by atoms with Crippen LogP contribution in [0.25, 0.3) is 0 Å². The number of piperazine rings is 1. The van der Waals surface area contributed by atoms with E-state index in [1.54, 1.807) is 18.2 Å². The predicted molar refractivity (Wildman–Crippen MR) is 128 cm³/mol. The lowest BCUT2D eigenvalue weighted by atomic mass is 10.2. The Morgan fingerprint density at radius 1 is 1.16 bits per heavy atom. The molecule has 0 aliphatic carbocycles. The van der Waals surface area contributed by atoms with Gasteiger partial charge < -0.3 is 25.2 Å². The molecule has 0 saturated carbocycles. The molecule has 0 bridgehead atoms. The minimum Gasteiger partial charge on any atom is -0.486 e. The van der Waals surface area contributed by atoms with Crippen molar-refractivity contribution < 1.29 is 9.13 Å². The summed E-state index contributed by atoms with van der Waals surface area (Å²) in [6.45, 7) is 13.2. The van der Waals surface area contributed by atoms with Crippen molar-refractivity contribution in [3.05, 3.63) is 54.0 Å². The molecule has 1 aromatic carbocycles. The minimum absolute atomic E-state index is 0.218. The minimum atomic E-state index is -0.357. The molecule has 8 heteroatoms. The average molecular weight is 443 g/mol. The summed E-state index contributed by atoms with van der Waals surface area (Å²) in [5.41, 5.74) is 1.11. The van der Waals surface area contributed by atoms with Crippen LogP contribution in [0.2, 0.25) is 0 Å². The Bertz CT molecular complexity index is 869. The van der Waals surface area contributed by atoms with E-state index < -0.39 is 0 Å². The molecule has 1 atom stereocenters. The number of hydrogen-bond donors (Lipinski definition) is 2. The lowest BCUT2D eigenvalue weighted by molar-refractivity contribution is 0.214. The van der Waals surface area contributed by atoms with Gasteiger partial charge in [0.2, 0.25) is 0 Å². The van der Waals surface area contributed by atoms with Crippen LogP contribution in [0, 0.1) is 5.82 Å². The molecule has 1 unspecified atom stereocenters. The van der Waals surface area contributed by atoms with Crippen molar-refractivity contribution >= 4 is 11.8 Å². The molecule has 174 valence electrons. The van der Waals surface area contributed by atoms with Crippen molar-refractivity contribution in [3.8, 4) is 5.75 Å². The topological polar surface area (TPSA) is 65.0 Å². The number of pyridine rings is 1. The summed E-state index contributed by atoms with van der Waals surface area (Å²) in [7, 11) is 0. The molecular formula is C24H35FN6O. The van der Waals surface area contributed by atoms with E-state index in [4.69, 9.17) is 9.73 Å². The number of likely N-dealkylation sites (N-methyl/N-ethyl adjacent to an activating group) is 1. The monoisotopic (exact) mass is 442 g/mol. The Labute approximate surface area is 190 Å². The first-order valence-corrected chi connectivity index (χ1v) is 11.4. The zero-order chi connectivity index (χ0) is 22.8. The highest BCUT2D eigenvalue weighted by molar-refractivity contribution is 5.79. The number of nitrogens with one attached hydrogen (secondary N) is 2. The molecule has 1 aliphatic heterocycles. The number of nitrogens with zero attached hydrogens (tertiary/aromatic N) is 4. The summed E-state index contributed by atoms with van der Waals surface area (Å²) in [6, 6.07) is 10.6. The molecule has 1 aliphatic rings. The number of aromatic nitrogens is 1. The highest BCUT2D eigenvalue weighted by Gasteiger charge is 2.17. The second-order valence-electron chi connectivity index (χ2n) is 7.88.